The zero-order valence-electron chi connectivity index (χ0n) is 9.68. The van der Waals surface area contributed by atoms with Gasteiger partial charge in [-0.15, -0.1) is 0 Å². The van der Waals surface area contributed by atoms with Crippen molar-refractivity contribution < 1.29 is 9.84 Å². The number of hydrogen-bond acceptors (Lipinski definition) is 3. The number of nitrogens with two attached hydrogens (primary N) is 1. The molecule has 2 aromatic carbocycles. The van der Waals surface area contributed by atoms with Crippen LogP contribution in [0.25, 0.3) is 11.1 Å². The van der Waals surface area contributed by atoms with Crippen molar-refractivity contribution in [3.63, 3.8) is 0 Å². The van der Waals surface area contributed by atoms with Crippen LogP contribution in [-0.2, 0) is 0 Å². The molecule has 0 unspecified atom stereocenters. The monoisotopic (exact) mass is 229 g/mol. The molecule has 0 aromatic heterocycles. The van der Waals surface area contributed by atoms with E-state index in [1.54, 1.807) is 18.2 Å². The van der Waals surface area contributed by atoms with Crippen LogP contribution in [0, 0.1) is 0 Å². The fourth-order valence-corrected chi connectivity index (χ4v) is 1.71. The van der Waals surface area contributed by atoms with Crippen LogP contribution < -0.4 is 10.5 Å². The third kappa shape index (κ3) is 2.50. The number of aromatic hydroxyl groups is 1. The first-order chi connectivity index (χ1) is 8.20. The minimum absolute atomic E-state index is 0.179. The summed E-state index contributed by atoms with van der Waals surface area (Å²) in [5, 5.41) is 9.84. The highest BCUT2D eigenvalue weighted by Crippen LogP contribution is 2.32. The molecule has 0 amide bonds. The van der Waals surface area contributed by atoms with E-state index in [1.165, 1.54) is 0 Å². The molecule has 0 radical (unpaired) electrons. The molecule has 0 heterocycles. The summed E-state index contributed by atoms with van der Waals surface area (Å²) < 4.78 is 5.43. The maximum Gasteiger partial charge on any atom is 0.125 e. The number of ether oxygens (including phenoxy) is 1. The number of benzene rings is 2. The Hall–Kier alpha value is -2.16. The normalized spacial score (nSPS) is 10.2. The molecule has 0 atom stereocenters. The predicted octanol–water partition coefficient (Wildman–Crippen LogP) is 3.04. The SMILES string of the molecule is CCOc1cccc(-c2ccc(N)cc2O)c1. The number of phenolic OH excluding ortho intramolecular Hbond substituents is 1. The molecular formula is C14H15NO2. The van der Waals surface area contributed by atoms with Gasteiger partial charge in [0.05, 0.1) is 6.61 Å². The molecule has 2 rings (SSSR count). The first-order valence-corrected chi connectivity index (χ1v) is 5.52. The zero-order chi connectivity index (χ0) is 12.3. The van der Waals surface area contributed by atoms with E-state index < -0.39 is 0 Å². The van der Waals surface area contributed by atoms with Gasteiger partial charge in [0, 0.05) is 17.3 Å². The van der Waals surface area contributed by atoms with Gasteiger partial charge in [0.25, 0.3) is 0 Å². The number of phenols is 1. The summed E-state index contributed by atoms with van der Waals surface area (Å²) in [5.74, 6) is 0.972. The first-order valence-electron chi connectivity index (χ1n) is 5.52. The van der Waals surface area contributed by atoms with Crippen molar-refractivity contribution in [3.05, 3.63) is 42.5 Å². The number of nitrogen functional groups attached to an aromatic ring is 1. The Morgan fingerprint density at radius 2 is 2.00 bits per heavy atom. The molecule has 0 fully saturated rings. The highest BCUT2D eigenvalue weighted by Gasteiger charge is 2.05. The van der Waals surface area contributed by atoms with Crippen LogP contribution in [-0.4, -0.2) is 11.7 Å². The molecule has 88 valence electrons. The smallest absolute Gasteiger partial charge is 0.125 e. The molecule has 3 heteroatoms. The summed E-state index contributed by atoms with van der Waals surface area (Å²) >= 11 is 0. The Bertz CT molecular complexity index is 523. The van der Waals surface area contributed by atoms with Crippen molar-refractivity contribution >= 4 is 5.69 Å². The molecule has 0 aliphatic carbocycles. The van der Waals surface area contributed by atoms with Gasteiger partial charge in [0.15, 0.2) is 0 Å². The van der Waals surface area contributed by atoms with Crippen LogP contribution in [0.3, 0.4) is 0 Å². The third-order valence-electron chi connectivity index (χ3n) is 2.48. The number of hydrogen-bond donors (Lipinski definition) is 2. The van der Waals surface area contributed by atoms with Crippen LogP contribution in [0.1, 0.15) is 6.92 Å². The standard InChI is InChI=1S/C14H15NO2/c1-2-17-12-5-3-4-10(8-12)13-7-6-11(15)9-14(13)16/h3-9,16H,2,15H2,1H3. The van der Waals surface area contributed by atoms with Crippen molar-refractivity contribution in [3.8, 4) is 22.6 Å². The Morgan fingerprint density at radius 3 is 2.71 bits per heavy atom. The lowest BCUT2D eigenvalue weighted by atomic mass is 10.0. The molecule has 3 nitrogen and oxygen atoms in total. The van der Waals surface area contributed by atoms with Gasteiger partial charge in [-0.2, -0.15) is 0 Å². The van der Waals surface area contributed by atoms with E-state index in [1.807, 2.05) is 31.2 Å². The highest BCUT2D eigenvalue weighted by molar-refractivity contribution is 5.73. The van der Waals surface area contributed by atoms with Crippen LogP contribution in [0.4, 0.5) is 5.69 Å². The molecule has 17 heavy (non-hydrogen) atoms. The quantitative estimate of drug-likeness (QED) is 0.795. The van der Waals surface area contributed by atoms with E-state index >= 15 is 0 Å². The highest BCUT2D eigenvalue weighted by atomic mass is 16.5. The number of rotatable bonds is 3. The van der Waals surface area contributed by atoms with Gasteiger partial charge in [0.2, 0.25) is 0 Å². The van der Waals surface area contributed by atoms with Crippen LogP contribution in [0.2, 0.25) is 0 Å². The lowest BCUT2D eigenvalue weighted by Gasteiger charge is -2.08. The van der Waals surface area contributed by atoms with Gasteiger partial charge in [-0.25, -0.2) is 0 Å². The van der Waals surface area contributed by atoms with Crippen LogP contribution in [0.5, 0.6) is 11.5 Å². The maximum absolute atomic E-state index is 9.84. The second-order valence-electron chi connectivity index (χ2n) is 3.74. The molecular weight excluding hydrogens is 214 g/mol. The van der Waals surface area contributed by atoms with E-state index in [2.05, 4.69) is 0 Å². The van der Waals surface area contributed by atoms with Gasteiger partial charge in [0.1, 0.15) is 11.5 Å². The second kappa shape index (κ2) is 4.78. The van der Waals surface area contributed by atoms with Gasteiger partial charge in [-0.05, 0) is 36.8 Å². The summed E-state index contributed by atoms with van der Waals surface area (Å²) in [5.41, 5.74) is 7.81. The average molecular weight is 229 g/mol. The van der Waals surface area contributed by atoms with Crippen molar-refractivity contribution in [1.29, 1.82) is 0 Å². The zero-order valence-corrected chi connectivity index (χ0v) is 9.68. The van der Waals surface area contributed by atoms with E-state index in [0.29, 0.717) is 12.3 Å². The second-order valence-corrected chi connectivity index (χ2v) is 3.74. The van der Waals surface area contributed by atoms with Crippen molar-refractivity contribution in [2.24, 2.45) is 0 Å². The molecule has 0 spiro atoms. The lowest BCUT2D eigenvalue weighted by Crippen LogP contribution is -1.91. The Morgan fingerprint density at radius 1 is 1.18 bits per heavy atom. The van der Waals surface area contributed by atoms with Crippen LogP contribution in [0.15, 0.2) is 42.5 Å². The first kappa shape index (κ1) is 11.3. The molecule has 0 saturated heterocycles. The average Bonchev–Trinajstić information content (AvgIpc) is 2.29. The van der Waals surface area contributed by atoms with Gasteiger partial charge >= 0.3 is 0 Å². The van der Waals surface area contributed by atoms with Gasteiger partial charge in [-0.3, -0.25) is 0 Å². The van der Waals surface area contributed by atoms with Crippen molar-refractivity contribution in [2.75, 3.05) is 12.3 Å². The Kier molecular flexibility index (Phi) is 3.19. The van der Waals surface area contributed by atoms with Crippen molar-refractivity contribution in [1.82, 2.24) is 0 Å². The molecule has 0 aliphatic heterocycles. The van der Waals surface area contributed by atoms with Crippen molar-refractivity contribution in [2.45, 2.75) is 6.92 Å². The Balaban J connectivity index is 2.42. The summed E-state index contributed by atoms with van der Waals surface area (Å²) in [6.45, 7) is 2.56. The summed E-state index contributed by atoms with van der Waals surface area (Å²) in [7, 11) is 0. The molecule has 0 aliphatic rings. The largest absolute Gasteiger partial charge is 0.507 e. The summed E-state index contributed by atoms with van der Waals surface area (Å²) in [6.07, 6.45) is 0. The molecule has 3 N–H and O–H groups in total. The van der Waals surface area contributed by atoms with E-state index in [-0.39, 0.29) is 5.75 Å². The minimum atomic E-state index is 0.179. The van der Waals surface area contributed by atoms with E-state index in [9.17, 15) is 5.11 Å². The summed E-state index contributed by atoms with van der Waals surface area (Å²) in [6, 6.07) is 12.7. The fraction of sp³-hybridized carbons (Fsp3) is 0.143. The lowest BCUT2D eigenvalue weighted by molar-refractivity contribution is 0.340. The fourth-order valence-electron chi connectivity index (χ4n) is 1.71. The topological polar surface area (TPSA) is 55.5 Å². The number of anilines is 1. The van der Waals surface area contributed by atoms with Crippen LogP contribution >= 0.6 is 0 Å². The Labute approximate surface area is 100 Å². The third-order valence-corrected chi connectivity index (χ3v) is 2.48. The van der Waals surface area contributed by atoms with E-state index in [0.717, 1.165) is 16.9 Å². The molecule has 2 aromatic rings. The van der Waals surface area contributed by atoms with E-state index in [4.69, 9.17) is 10.5 Å². The summed E-state index contributed by atoms with van der Waals surface area (Å²) in [4.78, 5) is 0. The van der Waals surface area contributed by atoms with Gasteiger partial charge < -0.3 is 15.6 Å². The van der Waals surface area contributed by atoms with Gasteiger partial charge in [-0.1, -0.05) is 12.1 Å². The molecule has 0 saturated carbocycles. The molecule has 0 bridgehead atoms. The maximum atomic E-state index is 9.84. The predicted molar refractivity (Wildman–Crippen MR) is 69.1 cm³/mol. The minimum Gasteiger partial charge on any atom is -0.507 e.